The summed E-state index contributed by atoms with van der Waals surface area (Å²) in [7, 11) is 2.38. The van der Waals surface area contributed by atoms with Gasteiger partial charge in [0.25, 0.3) is 4.93 Å². The molecule has 0 fully saturated rings. The number of nitrogens with zero attached hydrogens (tertiary/aromatic N) is 3. The van der Waals surface area contributed by atoms with Crippen LogP contribution >= 0.6 is 24.0 Å². The molecule has 0 spiro atoms. The molecule has 2 atom stereocenters. The van der Waals surface area contributed by atoms with E-state index in [1.54, 1.807) is 19.9 Å². The third-order valence-corrected chi connectivity index (χ3v) is 4.79. The maximum atomic E-state index is 12.6. The highest BCUT2D eigenvalue weighted by Crippen LogP contribution is 2.43. The Hall–Kier alpha value is -2.07. The number of aryl methyl sites for hydroxylation is 2. The van der Waals surface area contributed by atoms with Gasteiger partial charge >= 0.3 is 11.9 Å². The summed E-state index contributed by atoms with van der Waals surface area (Å²) in [6.45, 7) is 5.11. The summed E-state index contributed by atoms with van der Waals surface area (Å²) in [6, 6.07) is 1.78. The molecule has 0 unspecified atom stereocenters. The van der Waals surface area contributed by atoms with Gasteiger partial charge in [0, 0.05) is 18.3 Å². The smallest absolute Gasteiger partial charge is 0.363 e. The maximum Gasteiger partial charge on any atom is 0.363 e. The predicted octanol–water partition coefficient (Wildman–Crippen LogP) is 1.62. The van der Waals surface area contributed by atoms with Crippen molar-refractivity contribution in [1.82, 2.24) is 9.97 Å². The fourth-order valence-corrected chi connectivity index (χ4v) is 4.13. The van der Waals surface area contributed by atoms with Crippen LogP contribution in [-0.4, -0.2) is 51.9 Å². The van der Waals surface area contributed by atoms with Crippen LogP contribution in [0.5, 0.6) is 0 Å². The number of rotatable bonds is 4. The molecule has 0 N–H and O–H groups in total. The predicted molar refractivity (Wildman–Crippen MR) is 94.4 cm³/mol. The van der Waals surface area contributed by atoms with Crippen molar-refractivity contribution in [1.29, 1.82) is 0 Å². The van der Waals surface area contributed by atoms with Crippen molar-refractivity contribution in [3.05, 3.63) is 17.5 Å². The number of methoxy groups -OCH3 is 2. The molecule has 1 aliphatic rings. The minimum Gasteiger partial charge on any atom is -0.468 e. The van der Waals surface area contributed by atoms with E-state index in [0.717, 1.165) is 11.8 Å². The Bertz CT molecular complexity index is 747. The number of thioether (sulfide) groups is 1. The molecule has 1 aromatic rings. The van der Waals surface area contributed by atoms with Crippen molar-refractivity contribution in [2.24, 2.45) is 10.9 Å². The SMILES string of the molecule is COC(=O)[C@@H]1C(=S)N=C(C)O[C@]1(Sc1nc(C)cc(C)n1)C(=O)OC. The molecular weight excluding hydrogens is 366 g/mol. The molecule has 134 valence electrons. The summed E-state index contributed by atoms with van der Waals surface area (Å²) in [4.78, 5) is 35.6. The van der Waals surface area contributed by atoms with Gasteiger partial charge in [-0.2, -0.15) is 0 Å². The van der Waals surface area contributed by atoms with Crippen LogP contribution in [0.4, 0.5) is 0 Å². The zero-order valence-corrected chi connectivity index (χ0v) is 16.0. The van der Waals surface area contributed by atoms with Crippen molar-refractivity contribution in [3.63, 3.8) is 0 Å². The molecule has 0 amide bonds. The highest BCUT2D eigenvalue weighted by atomic mass is 32.2. The Balaban J connectivity index is 2.61. The van der Waals surface area contributed by atoms with Gasteiger partial charge in [0.15, 0.2) is 17.0 Å². The zero-order valence-electron chi connectivity index (χ0n) is 14.4. The van der Waals surface area contributed by atoms with E-state index < -0.39 is 22.8 Å². The molecule has 2 heterocycles. The third-order valence-electron chi connectivity index (χ3n) is 3.31. The zero-order chi connectivity index (χ0) is 18.8. The number of hydrogen-bond acceptors (Lipinski definition) is 9. The van der Waals surface area contributed by atoms with Gasteiger partial charge in [-0.3, -0.25) is 4.79 Å². The topological polar surface area (TPSA) is 100.0 Å². The van der Waals surface area contributed by atoms with E-state index in [2.05, 4.69) is 15.0 Å². The van der Waals surface area contributed by atoms with Gasteiger partial charge in [-0.25, -0.2) is 19.8 Å². The molecule has 0 aliphatic carbocycles. The molecular formula is C15H17N3O5S2. The minimum absolute atomic E-state index is 0.0297. The van der Waals surface area contributed by atoms with E-state index in [4.69, 9.17) is 26.4 Å². The third kappa shape index (κ3) is 3.79. The number of carbonyl (C=O) groups excluding carboxylic acids is 2. The van der Waals surface area contributed by atoms with Crippen LogP contribution in [0.1, 0.15) is 18.3 Å². The molecule has 0 bridgehead atoms. The van der Waals surface area contributed by atoms with E-state index in [9.17, 15) is 9.59 Å². The lowest BCUT2D eigenvalue weighted by Gasteiger charge is -2.37. The second-order valence-electron chi connectivity index (χ2n) is 5.22. The molecule has 8 nitrogen and oxygen atoms in total. The highest BCUT2D eigenvalue weighted by Gasteiger charge is 2.59. The Kier molecular flexibility index (Phi) is 5.73. The lowest BCUT2D eigenvalue weighted by molar-refractivity contribution is -0.162. The van der Waals surface area contributed by atoms with Crippen molar-refractivity contribution < 1.29 is 23.8 Å². The fourth-order valence-electron chi connectivity index (χ4n) is 2.36. The average Bonchev–Trinajstić information content (AvgIpc) is 2.51. The summed E-state index contributed by atoms with van der Waals surface area (Å²) < 4.78 is 15.4. The van der Waals surface area contributed by atoms with Gasteiger partial charge in [-0.15, -0.1) is 0 Å². The molecule has 0 saturated heterocycles. The van der Waals surface area contributed by atoms with Crippen molar-refractivity contribution in [3.8, 4) is 0 Å². The van der Waals surface area contributed by atoms with E-state index >= 15 is 0 Å². The number of aromatic nitrogens is 2. The Morgan fingerprint density at radius 3 is 2.32 bits per heavy atom. The lowest BCUT2D eigenvalue weighted by atomic mass is 10.0. The number of carbonyl (C=O) groups is 2. The first-order valence-electron chi connectivity index (χ1n) is 7.19. The van der Waals surface area contributed by atoms with Gasteiger partial charge in [0.05, 0.1) is 14.2 Å². The first kappa shape index (κ1) is 19.3. The Morgan fingerprint density at radius 1 is 1.20 bits per heavy atom. The van der Waals surface area contributed by atoms with Crippen LogP contribution < -0.4 is 0 Å². The number of ether oxygens (including phenoxy) is 3. The van der Waals surface area contributed by atoms with Crippen molar-refractivity contribution in [2.45, 2.75) is 30.9 Å². The molecule has 2 rings (SSSR count). The van der Waals surface area contributed by atoms with Gasteiger partial charge < -0.3 is 14.2 Å². The van der Waals surface area contributed by atoms with Crippen LogP contribution in [-0.2, 0) is 23.8 Å². The van der Waals surface area contributed by atoms with Crippen LogP contribution in [0.15, 0.2) is 16.2 Å². The van der Waals surface area contributed by atoms with Crippen LogP contribution in [0.2, 0.25) is 0 Å². The second-order valence-corrected chi connectivity index (χ2v) is 6.82. The number of esters is 2. The monoisotopic (exact) mass is 383 g/mol. The summed E-state index contributed by atoms with van der Waals surface area (Å²) in [6.07, 6.45) is 0. The Labute approximate surface area is 154 Å². The summed E-state index contributed by atoms with van der Waals surface area (Å²) in [5.74, 6) is -2.72. The van der Waals surface area contributed by atoms with Crippen molar-refractivity contribution in [2.75, 3.05) is 14.2 Å². The number of thiocarbonyl (C=S) groups is 1. The quantitative estimate of drug-likeness (QED) is 0.436. The van der Waals surface area contributed by atoms with Gasteiger partial charge in [-0.05, 0) is 31.7 Å². The summed E-state index contributed by atoms with van der Waals surface area (Å²) >= 11 is 6.04. The largest absolute Gasteiger partial charge is 0.468 e. The second kappa shape index (κ2) is 7.44. The molecule has 1 aromatic heterocycles. The van der Waals surface area contributed by atoms with Crippen LogP contribution in [0.25, 0.3) is 0 Å². The molecule has 10 heteroatoms. The van der Waals surface area contributed by atoms with Crippen molar-refractivity contribution >= 4 is 46.8 Å². The molecule has 1 aliphatic heterocycles. The minimum atomic E-state index is -1.86. The van der Waals surface area contributed by atoms with E-state index in [1.165, 1.54) is 21.1 Å². The first-order chi connectivity index (χ1) is 11.7. The normalized spacial score (nSPS) is 22.7. The maximum absolute atomic E-state index is 12.6. The highest BCUT2D eigenvalue weighted by molar-refractivity contribution is 8.01. The summed E-state index contributed by atoms with van der Waals surface area (Å²) in [5, 5.41) is 0.245. The van der Waals surface area contributed by atoms with Crippen LogP contribution in [0.3, 0.4) is 0 Å². The number of hydrogen-bond donors (Lipinski definition) is 0. The van der Waals surface area contributed by atoms with E-state index in [1.807, 2.05) is 0 Å². The van der Waals surface area contributed by atoms with E-state index in [0.29, 0.717) is 11.4 Å². The fraction of sp³-hybridized carbons (Fsp3) is 0.467. The first-order valence-corrected chi connectivity index (χ1v) is 8.41. The summed E-state index contributed by atoms with van der Waals surface area (Å²) in [5.41, 5.74) is 1.40. The van der Waals surface area contributed by atoms with Gasteiger partial charge in [0.1, 0.15) is 4.99 Å². The van der Waals surface area contributed by atoms with Gasteiger partial charge in [-0.1, -0.05) is 12.2 Å². The molecule has 0 aromatic carbocycles. The molecule has 0 saturated carbocycles. The number of aliphatic imine (C=N–C) groups is 1. The molecule has 0 radical (unpaired) electrons. The van der Waals surface area contributed by atoms with Crippen LogP contribution in [0, 0.1) is 19.8 Å². The lowest BCUT2D eigenvalue weighted by Crippen LogP contribution is -2.55. The standard InChI is InChI=1S/C15H17N3O5S2/c1-7-6-8(2)17-14(16-7)25-15(13(20)22-5)10(12(19)21-4)11(24)18-9(3)23-15/h6,10H,1-5H3/t10-,15+/m0/s1. The molecule has 25 heavy (non-hydrogen) atoms. The van der Waals surface area contributed by atoms with Gasteiger partial charge in [0.2, 0.25) is 0 Å². The van der Waals surface area contributed by atoms with E-state index in [-0.39, 0.29) is 16.0 Å². The average molecular weight is 383 g/mol. The Morgan fingerprint density at radius 2 is 1.80 bits per heavy atom.